The van der Waals surface area contributed by atoms with Crippen LogP contribution in [0.5, 0.6) is 0 Å². The molecule has 5 nitrogen and oxygen atoms in total. The largest absolute Gasteiger partial charge is 0.441 e. The molecule has 2 heterocycles. The lowest BCUT2D eigenvalue weighted by atomic mass is 10.1. The highest BCUT2D eigenvalue weighted by atomic mass is 16.5. The maximum Gasteiger partial charge on any atom is 0.441 e. The Morgan fingerprint density at radius 1 is 1.69 bits per heavy atom. The molecule has 1 unspecified atom stereocenters. The monoisotopic (exact) mass is 184 g/mol. The van der Waals surface area contributed by atoms with Crippen LogP contribution in [0.15, 0.2) is 9.32 Å². The minimum Gasteiger partial charge on any atom is -0.381 e. The highest BCUT2D eigenvalue weighted by molar-refractivity contribution is 4.97. The van der Waals surface area contributed by atoms with Gasteiger partial charge in [0.15, 0.2) is 5.82 Å². The van der Waals surface area contributed by atoms with Gasteiger partial charge in [0.2, 0.25) is 0 Å². The quantitative estimate of drug-likeness (QED) is 0.666. The summed E-state index contributed by atoms with van der Waals surface area (Å²) in [6.07, 6.45) is 0.923. The lowest BCUT2D eigenvalue weighted by Crippen LogP contribution is -2.18. The number of hydrogen-bond acceptors (Lipinski definition) is 4. The van der Waals surface area contributed by atoms with Crippen LogP contribution < -0.4 is 5.76 Å². The highest BCUT2D eigenvalue weighted by Crippen LogP contribution is 2.22. The summed E-state index contributed by atoms with van der Waals surface area (Å²) in [6.45, 7) is 3.90. The molecule has 1 atom stereocenters. The summed E-state index contributed by atoms with van der Waals surface area (Å²) in [5.74, 6) is 0.584. The van der Waals surface area contributed by atoms with Crippen molar-refractivity contribution in [3.8, 4) is 0 Å². The molecule has 13 heavy (non-hydrogen) atoms. The van der Waals surface area contributed by atoms with Gasteiger partial charge >= 0.3 is 5.76 Å². The van der Waals surface area contributed by atoms with Crippen molar-refractivity contribution in [2.24, 2.45) is 0 Å². The summed E-state index contributed by atoms with van der Waals surface area (Å²) in [6, 6.07) is 0. The zero-order valence-electron chi connectivity index (χ0n) is 7.52. The van der Waals surface area contributed by atoms with Gasteiger partial charge in [-0.2, -0.15) is 0 Å². The van der Waals surface area contributed by atoms with Gasteiger partial charge in [-0.05, 0) is 13.3 Å². The molecule has 5 heteroatoms. The summed E-state index contributed by atoms with van der Waals surface area (Å²) in [4.78, 5) is 11.1. The van der Waals surface area contributed by atoms with E-state index in [2.05, 4.69) is 9.68 Å². The zero-order chi connectivity index (χ0) is 9.26. The normalized spacial score (nSPS) is 22.4. The molecule has 0 aliphatic carbocycles. The van der Waals surface area contributed by atoms with Crippen LogP contribution in [0, 0.1) is 0 Å². The Kier molecular flexibility index (Phi) is 2.18. The molecule has 72 valence electrons. The molecular formula is C8H12N2O3. The molecular weight excluding hydrogens is 172 g/mol. The fourth-order valence-electron chi connectivity index (χ4n) is 1.60. The number of nitrogens with zero attached hydrogens (tertiary/aromatic N) is 2. The molecule has 1 aromatic heterocycles. The lowest BCUT2D eigenvalue weighted by Gasteiger charge is -2.05. The summed E-state index contributed by atoms with van der Waals surface area (Å²) < 4.78 is 11.4. The second-order valence-corrected chi connectivity index (χ2v) is 3.11. The third-order valence-electron chi connectivity index (χ3n) is 2.33. The van der Waals surface area contributed by atoms with Gasteiger partial charge in [0.1, 0.15) is 0 Å². The molecule has 1 saturated heterocycles. The molecule has 0 aromatic carbocycles. The first-order chi connectivity index (χ1) is 6.33. The van der Waals surface area contributed by atoms with E-state index in [4.69, 9.17) is 4.74 Å². The predicted octanol–water partition coefficient (Wildman–Crippen LogP) is 0.360. The van der Waals surface area contributed by atoms with E-state index in [0.717, 1.165) is 18.9 Å². The van der Waals surface area contributed by atoms with Gasteiger partial charge in [0.25, 0.3) is 0 Å². The topological polar surface area (TPSA) is 57.3 Å². The van der Waals surface area contributed by atoms with E-state index in [0.29, 0.717) is 13.2 Å². The first kappa shape index (κ1) is 8.50. The van der Waals surface area contributed by atoms with Crippen LogP contribution in [0.4, 0.5) is 0 Å². The Balaban J connectivity index is 2.33. The first-order valence-corrected chi connectivity index (χ1v) is 4.47. The Morgan fingerprint density at radius 3 is 3.15 bits per heavy atom. The van der Waals surface area contributed by atoms with Crippen LogP contribution in [0.3, 0.4) is 0 Å². The molecule has 1 aliphatic heterocycles. The smallest absolute Gasteiger partial charge is 0.381 e. The van der Waals surface area contributed by atoms with Gasteiger partial charge in [-0.15, -0.1) is 0 Å². The van der Waals surface area contributed by atoms with Gasteiger partial charge < -0.3 is 4.74 Å². The van der Waals surface area contributed by atoms with Crippen molar-refractivity contribution in [3.63, 3.8) is 0 Å². The molecule has 0 N–H and O–H groups in total. The van der Waals surface area contributed by atoms with Gasteiger partial charge in [-0.25, -0.2) is 4.79 Å². The van der Waals surface area contributed by atoms with Crippen LogP contribution >= 0.6 is 0 Å². The summed E-state index contributed by atoms with van der Waals surface area (Å²) in [5, 5.41) is 3.76. The van der Waals surface area contributed by atoms with Crippen molar-refractivity contribution in [1.82, 2.24) is 9.72 Å². The van der Waals surface area contributed by atoms with Crippen LogP contribution in [0.25, 0.3) is 0 Å². The predicted molar refractivity (Wildman–Crippen MR) is 44.6 cm³/mol. The molecule has 2 rings (SSSR count). The Morgan fingerprint density at radius 2 is 2.54 bits per heavy atom. The van der Waals surface area contributed by atoms with E-state index in [1.54, 1.807) is 4.57 Å². The summed E-state index contributed by atoms with van der Waals surface area (Å²) in [7, 11) is 0. The number of aromatic nitrogens is 2. The van der Waals surface area contributed by atoms with Crippen LogP contribution in [-0.4, -0.2) is 22.9 Å². The van der Waals surface area contributed by atoms with E-state index in [-0.39, 0.29) is 11.7 Å². The number of ether oxygens (including phenoxy) is 1. The minimum absolute atomic E-state index is 0.228. The van der Waals surface area contributed by atoms with Crippen molar-refractivity contribution in [2.45, 2.75) is 25.8 Å². The van der Waals surface area contributed by atoms with Crippen molar-refractivity contribution in [2.75, 3.05) is 13.2 Å². The SMILES string of the molecule is CCn1c(C2CCOC2)noc1=O. The zero-order valence-corrected chi connectivity index (χ0v) is 7.52. The first-order valence-electron chi connectivity index (χ1n) is 4.47. The minimum atomic E-state index is -0.371. The molecule has 0 amide bonds. The molecule has 0 radical (unpaired) electrons. The molecule has 0 saturated carbocycles. The second-order valence-electron chi connectivity index (χ2n) is 3.11. The average molecular weight is 184 g/mol. The lowest BCUT2D eigenvalue weighted by molar-refractivity contribution is 0.192. The van der Waals surface area contributed by atoms with E-state index in [9.17, 15) is 4.79 Å². The fourth-order valence-corrected chi connectivity index (χ4v) is 1.60. The molecule has 0 bridgehead atoms. The second kappa shape index (κ2) is 3.33. The molecule has 1 aromatic rings. The van der Waals surface area contributed by atoms with Gasteiger partial charge in [0.05, 0.1) is 6.61 Å². The number of hydrogen-bond donors (Lipinski definition) is 0. The van der Waals surface area contributed by atoms with Crippen molar-refractivity contribution < 1.29 is 9.26 Å². The van der Waals surface area contributed by atoms with Crippen LogP contribution in [-0.2, 0) is 11.3 Å². The maximum atomic E-state index is 11.1. The number of rotatable bonds is 2. The van der Waals surface area contributed by atoms with E-state index >= 15 is 0 Å². The van der Waals surface area contributed by atoms with E-state index < -0.39 is 0 Å². The van der Waals surface area contributed by atoms with Crippen LogP contribution in [0.2, 0.25) is 0 Å². The molecule has 1 aliphatic rings. The van der Waals surface area contributed by atoms with E-state index in [1.807, 2.05) is 6.92 Å². The molecule has 1 fully saturated rings. The third kappa shape index (κ3) is 1.39. The van der Waals surface area contributed by atoms with Gasteiger partial charge in [0, 0.05) is 19.1 Å². The van der Waals surface area contributed by atoms with Crippen molar-refractivity contribution in [3.05, 3.63) is 16.4 Å². The summed E-state index contributed by atoms with van der Waals surface area (Å²) >= 11 is 0. The van der Waals surface area contributed by atoms with Gasteiger partial charge in [-0.3, -0.25) is 9.09 Å². The van der Waals surface area contributed by atoms with Crippen molar-refractivity contribution >= 4 is 0 Å². The fraction of sp³-hybridized carbons (Fsp3) is 0.750. The van der Waals surface area contributed by atoms with E-state index in [1.165, 1.54) is 0 Å². The Bertz CT molecular complexity index is 335. The Labute approximate surface area is 75.3 Å². The third-order valence-corrected chi connectivity index (χ3v) is 2.33. The Hall–Kier alpha value is -1.10. The maximum absolute atomic E-state index is 11.1. The van der Waals surface area contributed by atoms with Gasteiger partial charge in [-0.1, -0.05) is 5.16 Å². The highest BCUT2D eigenvalue weighted by Gasteiger charge is 2.24. The standard InChI is InChI=1S/C8H12N2O3/c1-2-10-7(9-13-8(10)11)6-3-4-12-5-6/h6H,2-5H2,1H3. The molecule has 0 spiro atoms. The van der Waals surface area contributed by atoms with Crippen LogP contribution in [0.1, 0.15) is 25.1 Å². The average Bonchev–Trinajstić information content (AvgIpc) is 2.71. The summed E-state index contributed by atoms with van der Waals surface area (Å²) in [5.41, 5.74) is 0. The van der Waals surface area contributed by atoms with Crippen molar-refractivity contribution in [1.29, 1.82) is 0 Å².